The standard InChI is InChI=1S/C8H16INO3/c1-6(12-2)4-10-5-7(9)8(11)13-3/h6-7,10H,4-5H2,1-3H3. The summed E-state index contributed by atoms with van der Waals surface area (Å²) in [5.41, 5.74) is 0. The summed E-state index contributed by atoms with van der Waals surface area (Å²) >= 11 is 2.05. The number of ether oxygens (including phenoxy) is 2. The predicted molar refractivity (Wildman–Crippen MR) is 59.2 cm³/mol. The van der Waals surface area contributed by atoms with Crippen LogP contribution in [0, 0.1) is 0 Å². The third-order valence-electron chi connectivity index (χ3n) is 1.61. The highest BCUT2D eigenvalue weighted by atomic mass is 127. The van der Waals surface area contributed by atoms with Crippen LogP contribution < -0.4 is 5.32 Å². The number of rotatable bonds is 6. The SMILES string of the molecule is COC(=O)C(I)CNCC(C)OC. The molecule has 0 bridgehead atoms. The highest BCUT2D eigenvalue weighted by Gasteiger charge is 2.14. The van der Waals surface area contributed by atoms with E-state index >= 15 is 0 Å². The van der Waals surface area contributed by atoms with Gasteiger partial charge in [-0.3, -0.25) is 4.79 Å². The van der Waals surface area contributed by atoms with Crippen molar-refractivity contribution >= 4 is 28.6 Å². The Balaban J connectivity index is 3.47. The van der Waals surface area contributed by atoms with E-state index in [4.69, 9.17) is 4.74 Å². The van der Waals surface area contributed by atoms with Crippen LogP contribution in [0.5, 0.6) is 0 Å². The zero-order valence-corrected chi connectivity index (χ0v) is 10.3. The van der Waals surface area contributed by atoms with Crippen molar-refractivity contribution in [3.05, 3.63) is 0 Å². The summed E-state index contributed by atoms with van der Waals surface area (Å²) in [5, 5.41) is 3.12. The Hall–Kier alpha value is 0.120. The predicted octanol–water partition coefficient (Wildman–Crippen LogP) is 0.587. The van der Waals surface area contributed by atoms with Crippen molar-refractivity contribution in [3.8, 4) is 0 Å². The van der Waals surface area contributed by atoms with Crippen molar-refractivity contribution in [2.75, 3.05) is 27.3 Å². The number of nitrogens with one attached hydrogen (secondary N) is 1. The molecule has 0 fully saturated rings. The van der Waals surface area contributed by atoms with E-state index < -0.39 is 0 Å². The van der Waals surface area contributed by atoms with E-state index in [1.165, 1.54) is 7.11 Å². The summed E-state index contributed by atoms with van der Waals surface area (Å²) in [6.07, 6.45) is 0.168. The van der Waals surface area contributed by atoms with Crippen LogP contribution in [-0.4, -0.2) is 43.3 Å². The van der Waals surface area contributed by atoms with Crippen molar-refractivity contribution < 1.29 is 14.3 Å². The molecule has 0 heterocycles. The van der Waals surface area contributed by atoms with Crippen molar-refractivity contribution in [2.45, 2.75) is 17.0 Å². The van der Waals surface area contributed by atoms with E-state index in [0.717, 1.165) is 6.54 Å². The first kappa shape index (κ1) is 13.1. The van der Waals surface area contributed by atoms with E-state index in [1.807, 2.05) is 29.5 Å². The molecule has 0 aromatic carbocycles. The Morgan fingerprint density at radius 2 is 2.08 bits per heavy atom. The molecule has 1 N–H and O–H groups in total. The molecule has 0 saturated carbocycles. The number of carbonyl (C=O) groups is 1. The molecular weight excluding hydrogens is 285 g/mol. The van der Waals surface area contributed by atoms with Gasteiger partial charge in [-0.2, -0.15) is 0 Å². The van der Waals surface area contributed by atoms with Crippen LogP contribution in [0.25, 0.3) is 0 Å². The van der Waals surface area contributed by atoms with Gasteiger partial charge in [-0.25, -0.2) is 0 Å². The topological polar surface area (TPSA) is 47.6 Å². The lowest BCUT2D eigenvalue weighted by Gasteiger charge is -2.12. The second-order valence-corrected chi connectivity index (χ2v) is 4.20. The first-order valence-corrected chi connectivity index (χ1v) is 5.31. The highest BCUT2D eigenvalue weighted by molar-refractivity contribution is 14.1. The van der Waals surface area contributed by atoms with Gasteiger partial charge in [0.25, 0.3) is 0 Å². The largest absolute Gasteiger partial charge is 0.468 e. The maximum absolute atomic E-state index is 11.0. The molecule has 0 aliphatic heterocycles. The Labute approximate surface area is 92.5 Å². The molecule has 0 radical (unpaired) electrons. The van der Waals surface area contributed by atoms with Gasteiger partial charge < -0.3 is 14.8 Å². The van der Waals surface area contributed by atoms with Crippen LogP contribution in [0.15, 0.2) is 0 Å². The lowest BCUT2D eigenvalue weighted by molar-refractivity contribution is -0.139. The molecule has 4 nitrogen and oxygen atoms in total. The molecule has 0 rings (SSSR count). The minimum atomic E-state index is -0.196. The van der Waals surface area contributed by atoms with Crippen LogP contribution in [0.4, 0.5) is 0 Å². The molecule has 13 heavy (non-hydrogen) atoms. The van der Waals surface area contributed by atoms with Crippen LogP contribution in [0.2, 0.25) is 0 Å². The quantitative estimate of drug-likeness (QED) is 0.443. The molecule has 2 unspecified atom stereocenters. The fraction of sp³-hybridized carbons (Fsp3) is 0.875. The number of esters is 1. The van der Waals surface area contributed by atoms with Gasteiger partial charge in [0.05, 0.1) is 13.2 Å². The van der Waals surface area contributed by atoms with E-state index in [0.29, 0.717) is 6.54 Å². The fourth-order valence-corrected chi connectivity index (χ4v) is 1.27. The summed E-state index contributed by atoms with van der Waals surface area (Å²) in [5.74, 6) is -0.196. The summed E-state index contributed by atoms with van der Waals surface area (Å²) in [6, 6.07) is 0. The zero-order chi connectivity index (χ0) is 10.3. The minimum absolute atomic E-state index is 0.133. The molecule has 0 aliphatic rings. The van der Waals surface area contributed by atoms with E-state index in [2.05, 4.69) is 10.1 Å². The van der Waals surface area contributed by atoms with E-state index in [-0.39, 0.29) is 16.0 Å². The average Bonchev–Trinajstić information content (AvgIpc) is 2.15. The second kappa shape index (κ2) is 7.52. The third-order valence-corrected chi connectivity index (χ3v) is 2.56. The third kappa shape index (κ3) is 6.23. The van der Waals surface area contributed by atoms with E-state index in [9.17, 15) is 4.79 Å². The number of hydrogen-bond acceptors (Lipinski definition) is 4. The first-order chi connectivity index (χ1) is 6.11. The van der Waals surface area contributed by atoms with Crippen molar-refractivity contribution in [2.24, 2.45) is 0 Å². The second-order valence-electron chi connectivity index (χ2n) is 2.70. The van der Waals surface area contributed by atoms with Crippen LogP contribution >= 0.6 is 22.6 Å². The fourth-order valence-electron chi connectivity index (χ4n) is 0.708. The first-order valence-electron chi connectivity index (χ1n) is 4.07. The molecule has 0 spiro atoms. The lowest BCUT2D eigenvalue weighted by Crippen LogP contribution is -2.34. The Kier molecular flexibility index (Phi) is 7.59. The van der Waals surface area contributed by atoms with Crippen molar-refractivity contribution in [3.63, 3.8) is 0 Å². The van der Waals surface area contributed by atoms with Crippen LogP contribution in [0.3, 0.4) is 0 Å². The van der Waals surface area contributed by atoms with Gasteiger partial charge in [-0.05, 0) is 6.92 Å². The van der Waals surface area contributed by atoms with E-state index in [1.54, 1.807) is 7.11 Å². The highest BCUT2D eigenvalue weighted by Crippen LogP contribution is 2.00. The Morgan fingerprint density at radius 3 is 2.54 bits per heavy atom. The molecular formula is C8H16INO3. The molecule has 5 heteroatoms. The summed E-state index contributed by atoms with van der Waals surface area (Å²) < 4.78 is 9.48. The van der Waals surface area contributed by atoms with Crippen LogP contribution in [-0.2, 0) is 14.3 Å². The van der Waals surface area contributed by atoms with Crippen molar-refractivity contribution in [1.82, 2.24) is 5.32 Å². The molecule has 0 aromatic rings. The van der Waals surface area contributed by atoms with Gasteiger partial charge in [-0.1, -0.05) is 22.6 Å². The van der Waals surface area contributed by atoms with Gasteiger partial charge in [0.2, 0.25) is 0 Å². The number of halogens is 1. The Bertz CT molecular complexity index is 154. The number of methoxy groups -OCH3 is 2. The molecule has 0 aromatic heterocycles. The molecule has 78 valence electrons. The van der Waals surface area contributed by atoms with Gasteiger partial charge >= 0.3 is 5.97 Å². The van der Waals surface area contributed by atoms with Crippen molar-refractivity contribution in [1.29, 1.82) is 0 Å². The normalized spacial score (nSPS) is 15.1. The number of carbonyl (C=O) groups excluding carboxylic acids is 1. The number of hydrogen-bond donors (Lipinski definition) is 1. The zero-order valence-electron chi connectivity index (χ0n) is 8.17. The molecule has 0 saturated heterocycles. The average molecular weight is 301 g/mol. The van der Waals surface area contributed by atoms with Gasteiger partial charge in [0, 0.05) is 20.2 Å². The Morgan fingerprint density at radius 1 is 1.46 bits per heavy atom. The van der Waals surface area contributed by atoms with Gasteiger partial charge in [-0.15, -0.1) is 0 Å². The maximum Gasteiger partial charge on any atom is 0.319 e. The molecule has 0 aliphatic carbocycles. The molecule has 0 amide bonds. The van der Waals surface area contributed by atoms with Crippen LogP contribution in [0.1, 0.15) is 6.92 Å². The lowest BCUT2D eigenvalue weighted by atomic mass is 10.3. The smallest absolute Gasteiger partial charge is 0.319 e. The monoisotopic (exact) mass is 301 g/mol. The maximum atomic E-state index is 11.0. The summed E-state index contributed by atoms with van der Waals surface area (Å²) in [4.78, 5) is 11.0. The number of alkyl halides is 1. The van der Waals surface area contributed by atoms with Gasteiger partial charge in [0.1, 0.15) is 3.92 Å². The summed E-state index contributed by atoms with van der Waals surface area (Å²) in [6.45, 7) is 3.32. The minimum Gasteiger partial charge on any atom is -0.468 e. The summed E-state index contributed by atoms with van der Waals surface area (Å²) in [7, 11) is 3.06. The van der Waals surface area contributed by atoms with Gasteiger partial charge in [0.15, 0.2) is 0 Å². The molecule has 2 atom stereocenters.